The molecular formula is C22H18N4O4. The highest BCUT2D eigenvalue weighted by Crippen LogP contribution is 2.38. The standard InChI is InChI=1S/C22H18N4O4/c1-30-15-9-7-13(8-10-15)20(27)26-22(29)24-18-6-2-5-16-17(21(28)25-19(16)18)12-14-4-3-11-23-14/h2-12,23H,1H3,(H,25,28)(H2,24,26,27,29). The van der Waals surface area contributed by atoms with Crippen molar-refractivity contribution in [1.82, 2.24) is 10.3 Å². The van der Waals surface area contributed by atoms with Gasteiger partial charge in [0.1, 0.15) is 5.75 Å². The summed E-state index contributed by atoms with van der Waals surface area (Å²) in [6.07, 6.45) is 3.50. The molecule has 8 nitrogen and oxygen atoms in total. The number of hydrogen-bond donors (Lipinski definition) is 4. The normalized spacial score (nSPS) is 13.5. The minimum atomic E-state index is -0.708. The van der Waals surface area contributed by atoms with E-state index in [4.69, 9.17) is 4.74 Å². The molecule has 0 unspecified atom stereocenters. The van der Waals surface area contributed by atoms with E-state index >= 15 is 0 Å². The quantitative estimate of drug-likeness (QED) is 0.501. The minimum Gasteiger partial charge on any atom is -0.497 e. The predicted molar refractivity (Wildman–Crippen MR) is 113 cm³/mol. The highest BCUT2D eigenvalue weighted by atomic mass is 16.5. The van der Waals surface area contributed by atoms with Gasteiger partial charge >= 0.3 is 6.03 Å². The summed E-state index contributed by atoms with van der Waals surface area (Å²) in [6, 6.07) is 14.5. The zero-order valence-electron chi connectivity index (χ0n) is 16.0. The molecule has 0 bridgehead atoms. The van der Waals surface area contributed by atoms with E-state index in [9.17, 15) is 14.4 Å². The predicted octanol–water partition coefficient (Wildman–Crippen LogP) is 3.48. The van der Waals surface area contributed by atoms with Crippen molar-refractivity contribution in [2.45, 2.75) is 0 Å². The van der Waals surface area contributed by atoms with Crippen LogP contribution < -0.4 is 20.7 Å². The number of carbonyl (C=O) groups excluding carboxylic acids is 3. The molecule has 1 aliphatic heterocycles. The number of amides is 4. The first kappa shape index (κ1) is 19.0. The van der Waals surface area contributed by atoms with Crippen molar-refractivity contribution in [2.24, 2.45) is 0 Å². The van der Waals surface area contributed by atoms with E-state index in [1.165, 1.54) is 7.11 Å². The van der Waals surface area contributed by atoms with Crippen LogP contribution in [0.15, 0.2) is 60.8 Å². The molecule has 30 heavy (non-hydrogen) atoms. The molecule has 1 aromatic heterocycles. The lowest BCUT2D eigenvalue weighted by Crippen LogP contribution is -2.34. The number of para-hydroxylation sites is 1. The second-order valence-corrected chi connectivity index (χ2v) is 6.50. The number of methoxy groups -OCH3 is 1. The zero-order valence-corrected chi connectivity index (χ0v) is 16.0. The Balaban J connectivity index is 1.50. The number of ether oxygens (including phenoxy) is 1. The number of carbonyl (C=O) groups is 3. The molecule has 8 heteroatoms. The maximum absolute atomic E-state index is 12.4. The molecule has 2 aromatic carbocycles. The third-order valence-corrected chi connectivity index (χ3v) is 4.59. The molecule has 150 valence electrons. The number of anilines is 2. The van der Waals surface area contributed by atoms with Crippen molar-refractivity contribution >= 4 is 40.9 Å². The van der Waals surface area contributed by atoms with Gasteiger partial charge in [0.25, 0.3) is 11.8 Å². The van der Waals surface area contributed by atoms with Crippen LogP contribution >= 0.6 is 0 Å². The number of hydrogen-bond acceptors (Lipinski definition) is 4. The molecule has 4 rings (SSSR count). The SMILES string of the molecule is COc1ccc(C(=O)NC(=O)Nc2cccc3c2NC(=O)C3=Cc2ccc[nH]2)cc1. The van der Waals surface area contributed by atoms with Gasteiger partial charge in [0.05, 0.1) is 24.1 Å². The number of H-pyrrole nitrogens is 1. The minimum absolute atomic E-state index is 0.274. The first-order chi connectivity index (χ1) is 14.5. The number of nitrogens with one attached hydrogen (secondary N) is 4. The monoisotopic (exact) mass is 402 g/mol. The Morgan fingerprint density at radius 1 is 1.03 bits per heavy atom. The maximum Gasteiger partial charge on any atom is 0.326 e. The lowest BCUT2D eigenvalue weighted by molar-refractivity contribution is -0.110. The van der Waals surface area contributed by atoms with Gasteiger partial charge in [-0.3, -0.25) is 14.9 Å². The smallest absolute Gasteiger partial charge is 0.326 e. The molecule has 4 amide bonds. The van der Waals surface area contributed by atoms with Crippen molar-refractivity contribution in [3.63, 3.8) is 0 Å². The lowest BCUT2D eigenvalue weighted by atomic mass is 10.1. The van der Waals surface area contributed by atoms with Crippen LogP contribution in [0.4, 0.5) is 16.2 Å². The van der Waals surface area contributed by atoms with Gasteiger partial charge in [-0.2, -0.15) is 0 Å². The van der Waals surface area contributed by atoms with Crippen LogP contribution in [0, 0.1) is 0 Å². The summed E-state index contributed by atoms with van der Waals surface area (Å²) in [7, 11) is 1.53. The van der Waals surface area contributed by atoms with Crippen molar-refractivity contribution in [1.29, 1.82) is 0 Å². The van der Waals surface area contributed by atoms with Crippen LogP contribution in [0.5, 0.6) is 5.75 Å². The van der Waals surface area contributed by atoms with E-state index in [-0.39, 0.29) is 5.91 Å². The van der Waals surface area contributed by atoms with Crippen molar-refractivity contribution in [3.8, 4) is 5.75 Å². The number of fused-ring (bicyclic) bond motifs is 1. The molecular weight excluding hydrogens is 384 g/mol. The van der Waals surface area contributed by atoms with E-state index in [2.05, 4.69) is 20.9 Å². The van der Waals surface area contributed by atoms with Gasteiger partial charge in [0.2, 0.25) is 0 Å². The summed E-state index contributed by atoms with van der Waals surface area (Å²) >= 11 is 0. The fourth-order valence-corrected chi connectivity index (χ4v) is 3.12. The third kappa shape index (κ3) is 3.79. The first-order valence-electron chi connectivity index (χ1n) is 9.11. The Kier molecular flexibility index (Phi) is 5.04. The molecule has 0 fully saturated rings. The van der Waals surface area contributed by atoms with Crippen LogP contribution in [0.3, 0.4) is 0 Å². The highest BCUT2D eigenvalue weighted by Gasteiger charge is 2.27. The molecule has 1 aliphatic rings. The van der Waals surface area contributed by atoms with E-state index < -0.39 is 11.9 Å². The number of imide groups is 1. The fourth-order valence-electron chi connectivity index (χ4n) is 3.12. The summed E-state index contributed by atoms with van der Waals surface area (Å²) in [5.74, 6) is -0.225. The van der Waals surface area contributed by atoms with Crippen LogP contribution in [0.2, 0.25) is 0 Å². The molecule has 0 saturated heterocycles. The fraction of sp³-hybridized carbons (Fsp3) is 0.0455. The Hall–Kier alpha value is -4.33. The maximum atomic E-state index is 12.4. The summed E-state index contributed by atoms with van der Waals surface area (Å²) < 4.78 is 5.05. The van der Waals surface area contributed by atoms with Gasteiger partial charge in [-0.05, 0) is 48.5 Å². The summed E-state index contributed by atoms with van der Waals surface area (Å²) in [6.45, 7) is 0. The molecule has 4 N–H and O–H groups in total. The topological polar surface area (TPSA) is 112 Å². The molecule has 0 saturated carbocycles. The van der Waals surface area contributed by atoms with Gasteiger partial charge < -0.3 is 20.4 Å². The van der Waals surface area contributed by atoms with Crippen molar-refractivity contribution in [3.05, 3.63) is 77.6 Å². The van der Waals surface area contributed by atoms with Gasteiger partial charge in [-0.1, -0.05) is 12.1 Å². The average Bonchev–Trinajstić information content (AvgIpc) is 3.37. The van der Waals surface area contributed by atoms with Crippen LogP contribution in [-0.4, -0.2) is 29.9 Å². The van der Waals surface area contributed by atoms with Crippen LogP contribution in [-0.2, 0) is 4.79 Å². The lowest BCUT2D eigenvalue weighted by Gasteiger charge is -2.10. The third-order valence-electron chi connectivity index (χ3n) is 4.59. The van der Waals surface area contributed by atoms with Gasteiger partial charge in [-0.15, -0.1) is 0 Å². The molecule has 2 heterocycles. The average molecular weight is 402 g/mol. The Morgan fingerprint density at radius 3 is 2.53 bits per heavy atom. The Bertz CT molecular complexity index is 1150. The molecule has 0 radical (unpaired) electrons. The van der Waals surface area contributed by atoms with E-state index in [1.807, 2.05) is 12.1 Å². The van der Waals surface area contributed by atoms with Gasteiger partial charge in [0, 0.05) is 23.0 Å². The summed E-state index contributed by atoms with van der Waals surface area (Å²) in [4.78, 5) is 40.1. The Morgan fingerprint density at radius 2 is 1.83 bits per heavy atom. The van der Waals surface area contributed by atoms with Crippen molar-refractivity contribution in [2.75, 3.05) is 17.7 Å². The highest BCUT2D eigenvalue weighted by molar-refractivity contribution is 6.36. The largest absolute Gasteiger partial charge is 0.497 e. The molecule has 3 aromatic rings. The number of benzene rings is 2. The zero-order chi connectivity index (χ0) is 21.1. The van der Waals surface area contributed by atoms with E-state index in [0.29, 0.717) is 33.8 Å². The van der Waals surface area contributed by atoms with E-state index in [1.54, 1.807) is 54.7 Å². The van der Waals surface area contributed by atoms with E-state index in [0.717, 1.165) is 5.69 Å². The molecule has 0 spiro atoms. The first-order valence-corrected chi connectivity index (χ1v) is 9.11. The van der Waals surface area contributed by atoms with Crippen LogP contribution in [0.25, 0.3) is 11.6 Å². The molecule has 0 atom stereocenters. The van der Waals surface area contributed by atoms with Gasteiger partial charge in [0.15, 0.2) is 0 Å². The molecule has 0 aliphatic carbocycles. The number of urea groups is 1. The summed E-state index contributed by atoms with van der Waals surface area (Å²) in [5, 5.41) is 7.66. The summed E-state index contributed by atoms with van der Waals surface area (Å²) in [5.41, 5.74) is 3.10. The van der Waals surface area contributed by atoms with Crippen molar-refractivity contribution < 1.29 is 19.1 Å². The number of aromatic amines is 1. The number of rotatable bonds is 4. The van der Waals surface area contributed by atoms with Crippen LogP contribution in [0.1, 0.15) is 21.6 Å². The second kappa shape index (κ2) is 7.96. The van der Waals surface area contributed by atoms with Gasteiger partial charge in [-0.25, -0.2) is 4.79 Å². The second-order valence-electron chi connectivity index (χ2n) is 6.50. The number of aromatic nitrogens is 1. The Labute approximate surface area is 171 Å².